The fourth-order valence-corrected chi connectivity index (χ4v) is 3.39. The van der Waals surface area contributed by atoms with Gasteiger partial charge in [-0.25, -0.2) is 0 Å². The maximum absolute atomic E-state index is 12.3. The van der Waals surface area contributed by atoms with E-state index in [0.717, 1.165) is 19.4 Å². The summed E-state index contributed by atoms with van der Waals surface area (Å²) in [5.41, 5.74) is 1.17. The van der Waals surface area contributed by atoms with E-state index < -0.39 is 0 Å². The molecule has 1 aromatic heterocycles. The summed E-state index contributed by atoms with van der Waals surface area (Å²) in [5, 5.41) is 2.86. The van der Waals surface area contributed by atoms with Gasteiger partial charge in [-0.2, -0.15) is 0 Å². The van der Waals surface area contributed by atoms with Crippen LogP contribution in [0.15, 0.2) is 4.42 Å². The lowest BCUT2D eigenvalue weighted by atomic mass is 9.76. The number of fused-ring (bicyclic) bond motifs is 1. The number of furan rings is 1. The summed E-state index contributed by atoms with van der Waals surface area (Å²) >= 11 is 0. The van der Waals surface area contributed by atoms with Gasteiger partial charge in [0.05, 0.1) is 11.7 Å². The maximum atomic E-state index is 12.3. The summed E-state index contributed by atoms with van der Waals surface area (Å²) in [6.45, 7) is 7.13. The Morgan fingerprint density at radius 2 is 2.14 bits per heavy atom. The monoisotopic (exact) mass is 305 g/mol. The lowest BCUT2D eigenvalue weighted by Crippen LogP contribution is -2.31. The highest BCUT2D eigenvalue weighted by Crippen LogP contribution is 2.38. The average Bonchev–Trinajstić information content (AvgIpc) is 3.02. The smallest absolute Gasteiger partial charge is 0.287 e. The lowest BCUT2D eigenvalue weighted by Gasteiger charge is -2.27. The molecule has 1 saturated heterocycles. The first-order valence-corrected chi connectivity index (χ1v) is 7.93. The van der Waals surface area contributed by atoms with Gasteiger partial charge < -0.3 is 14.5 Å². The number of rotatable bonds is 3. The highest BCUT2D eigenvalue weighted by Gasteiger charge is 2.37. The van der Waals surface area contributed by atoms with Crippen molar-refractivity contribution in [1.29, 1.82) is 0 Å². The maximum Gasteiger partial charge on any atom is 0.287 e. The standard InChI is InChI=1S/C17H23NO4/c1-10-14-12(19)7-17(2,3)8-13(14)22-15(10)16(20)18-9-11-5-4-6-21-11/h11H,4-9H2,1-3H3,(H,18,20)/t11-/m0/s1. The van der Waals surface area contributed by atoms with E-state index in [4.69, 9.17) is 9.15 Å². The first kappa shape index (κ1) is 15.3. The number of nitrogens with one attached hydrogen (secondary N) is 1. The Balaban J connectivity index is 1.77. The molecular weight excluding hydrogens is 282 g/mol. The number of ketones is 1. The molecule has 0 radical (unpaired) electrons. The second-order valence-corrected chi connectivity index (χ2v) is 7.14. The molecule has 3 rings (SSSR count). The molecule has 5 nitrogen and oxygen atoms in total. The molecule has 0 unspecified atom stereocenters. The highest BCUT2D eigenvalue weighted by molar-refractivity contribution is 6.03. The number of amides is 1. The number of Topliss-reactive ketones (excluding diaryl/α,β-unsaturated/α-hetero) is 1. The van der Waals surface area contributed by atoms with E-state index >= 15 is 0 Å². The molecule has 22 heavy (non-hydrogen) atoms. The van der Waals surface area contributed by atoms with Gasteiger partial charge in [0, 0.05) is 31.6 Å². The van der Waals surface area contributed by atoms with Crippen LogP contribution >= 0.6 is 0 Å². The molecular formula is C17H23NO4. The molecule has 1 N–H and O–H groups in total. The number of hydrogen-bond donors (Lipinski definition) is 1. The summed E-state index contributed by atoms with van der Waals surface area (Å²) in [4.78, 5) is 24.6. The fraction of sp³-hybridized carbons (Fsp3) is 0.647. The summed E-state index contributed by atoms with van der Waals surface area (Å²) in [5.74, 6) is 0.744. The lowest BCUT2D eigenvalue weighted by molar-refractivity contribution is 0.0828. The summed E-state index contributed by atoms with van der Waals surface area (Å²) in [6.07, 6.45) is 3.29. The zero-order valence-electron chi connectivity index (χ0n) is 13.5. The molecule has 2 aliphatic rings. The molecule has 1 aromatic rings. The van der Waals surface area contributed by atoms with Crippen LogP contribution in [0, 0.1) is 12.3 Å². The van der Waals surface area contributed by atoms with Gasteiger partial charge in [-0.15, -0.1) is 0 Å². The third-order valence-corrected chi connectivity index (χ3v) is 4.50. The van der Waals surface area contributed by atoms with Crippen LogP contribution < -0.4 is 5.32 Å². The van der Waals surface area contributed by atoms with Crippen molar-refractivity contribution in [3.63, 3.8) is 0 Å². The van der Waals surface area contributed by atoms with Gasteiger partial charge >= 0.3 is 0 Å². The SMILES string of the molecule is Cc1c(C(=O)NC[C@@H]2CCCO2)oc2c1C(=O)CC(C)(C)C2. The molecule has 1 aliphatic heterocycles. The van der Waals surface area contributed by atoms with Gasteiger partial charge in [-0.05, 0) is 25.2 Å². The molecule has 1 atom stereocenters. The molecule has 0 saturated carbocycles. The average molecular weight is 305 g/mol. The van der Waals surface area contributed by atoms with Gasteiger partial charge in [0.1, 0.15) is 5.76 Å². The van der Waals surface area contributed by atoms with E-state index in [0.29, 0.717) is 36.3 Å². The zero-order valence-corrected chi connectivity index (χ0v) is 13.5. The second kappa shape index (κ2) is 5.54. The first-order valence-electron chi connectivity index (χ1n) is 7.93. The topological polar surface area (TPSA) is 68.5 Å². The Kier molecular flexibility index (Phi) is 3.85. The van der Waals surface area contributed by atoms with Crippen molar-refractivity contribution in [2.75, 3.05) is 13.2 Å². The Hall–Kier alpha value is -1.62. The zero-order chi connectivity index (χ0) is 15.9. The van der Waals surface area contributed by atoms with E-state index in [2.05, 4.69) is 5.32 Å². The van der Waals surface area contributed by atoms with E-state index in [1.54, 1.807) is 6.92 Å². The van der Waals surface area contributed by atoms with Crippen LogP contribution in [0.5, 0.6) is 0 Å². The first-order chi connectivity index (χ1) is 10.4. The molecule has 1 aliphatic carbocycles. The molecule has 0 aromatic carbocycles. The molecule has 0 spiro atoms. The van der Waals surface area contributed by atoms with Crippen LogP contribution in [-0.4, -0.2) is 30.9 Å². The Morgan fingerprint density at radius 3 is 2.82 bits per heavy atom. The predicted octanol–water partition coefficient (Wildman–Crippen LogP) is 2.65. The van der Waals surface area contributed by atoms with Crippen LogP contribution in [0.4, 0.5) is 0 Å². The van der Waals surface area contributed by atoms with Crippen LogP contribution in [0.3, 0.4) is 0 Å². The molecule has 2 heterocycles. The molecule has 1 fully saturated rings. The van der Waals surface area contributed by atoms with Gasteiger partial charge in [0.15, 0.2) is 11.5 Å². The normalized spacial score (nSPS) is 23.4. The number of ether oxygens (including phenoxy) is 1. The van der Waals surface area contributed by atoms with Crippen molar-refractivity contribution in [3.05, 3.63) is 22.6 Å². The van der Waals surface area contributed by atoms with Crippen LogP contribution in [0.25, 0.3) is 0 Å². The molecule has 1 amide bonds. The minimum Gasteiger partial charge on any atom is -0.455 e. The quantitative estimate of drug-likeness (QED) is 0.932. The highest BCUT2D eigenvalue weighted by atomic mass is 16.5. The third kappa shape index (κ3) is 2.82. The van der Waals surface area contributed by atoms with Crippen molar-refractivity contribution in [2.24, 2.45) is 5.41 Å². The molecule has 120 valence electrons. The summed E-state index contributed by atoms with van der Waals surface area (Å²) in [6, 6.07) is 0. The Morgan fingerprint density at radius 1 is 1.36 bits per heavy atom. The van der Waals surface area contributed by atoms with Crippen LogP contribution in [0.1, 0.15) is 65.3 Å². The summed E-state index contributed by atoms with van der Waals surface area (Å²) in [7, 11) is 0. The minimum absolute atomic E-state index is 0.0747. The van der Waals surface area contributed by atoms with E-state index in [-0.39, 0.29) is 29.0 Å². The minimum atomic E-state index is -0.256. The number of carbonyl (C=O) groups is 2. The Labute approximate surface area is 130 Å². The number of hydrogen-bond acceptors (Lipinski definition) is 4. The molecule has 5 heteroatoms. The van der Waals surface area contributed by atoms with Crippen molar-refractivity contribution >= 4 is 11.7 Å². The van der Waals surface area contributed by atoms with Crippen molar-refractivity contribution in [1.82, 2.24) is 5.32 Å². The molecule has 0 bridgehead atoms. The van der Waals surface area contributed by atoms with Crippen LogP contribution in [-0.2, 0) is 11.2 Å². The van der Waals surface area contributed by atoms with E-state index in [9.17, 15) is 9.59 Å². The van der Waals surface area contributed by atoms with Crippen molar-refractivity contribution in [3.8, 4) is 0 Å². The van der Waals surface area contributed by atoms with E-state index in [1.165, 1.54) is 0 Å². The van der Waals surface area contributed by atoms with Crippen molar-refractivity contribution < 1.29 is 18.7 Å². The van der Waals surface area contributed by atoms with E-state index in [1.807, 2.05) is 13.8 Å². The van der Waals surface area contributed by atoms with Crippen molar-refractivity contribution in [2.45, 2.75) is 52.6 Å². The second-order valence-electron chi connectivity index (χ2n) is 7.14. The van der Waals surface area contributed by atoms with Gasteiger partial charge in [0.25, 0.3) is 5.91 Å². The van der Waals surface area contributed by atoms with Gasteiger partial charge in [-0.3, -0.25) is 9.59 Å². The largest absolute Gasteiger partial charge is 0.455 e. The fourth-order valence-electron chi connectivity index (χ4n) is 3.39. The Bertz CT molecular complexity index is 608. The summed E-state index contributed by atoms with van der Waals surface area (Å²) < 4.78 is 11.2. The van der Waals surface area contributed by atoms with Gasteiger partial charge in [-0.1, -0.05) is 13.8 Å². The van der Waals surface area contributed by atoms with Crippen LogP contribution in [0.2, 0.25) is 0 Å². The number of carbonyl (C=O) groups excluding carboxylic acids is 2. The van der Waals surface area contributed by atoms with Gasteiger partial charge in [0.2, 0.25) is 0 Å². The third-order valence-electron chi connectivity index (χ3n) is 4.50. The predicted molar refractivity (Wildman–Crippen MR) is 81.2 cm³/mol.